The van der Waals surface area contributed by atoms with Crippen LogP contribution in [0.3, 0.4) is 0 Å². The van der Waals surface area contributed by atoms with Crippen LogP contribution < -0.4 is 0 Å². The van der Waals surface area contributed by atoms with Gasteiger partial charge in [-0.1, -0.05) is 6.92 Å². The van der Waals surface area contributed by atoms with E-state index in [1.807, 2.05) is 0 Å². The molecule has 0 unspecified atom stereocenters. The van der Waals surface area contributed by atoms with Gasteiger partial charge in [-0.2, -0.15) is 0 Å². The Morgan fingerprint density at radius 2 is 1.81 bits per heavy atom. The second-order valence-corrected chi connectivity index (χ2v) is 4.48. The van der Waals surface area contributed by atoms with E-state index in [2.05, 4.69) is 0 Å². The fraction of sp³-hybridized carbons (Fsp3) is 0.818. The van der Waals surface area contributed by atoms with Gasteiger partial charge in [0.25, 0.3) is 0 Å². The number of amides is 1. The molecule has 94 valence electrons. The number of ether oxygens (including phenoxy) is 2. The third-order valence-corrected chi connectivity index (χ3v) is 1.68. The van der Waals surface area contributed by atoms with Gasteiger partial charge in [-0.3, -0.25) is 4.79 Å². The molecule has 0 heterocycles. The van der Waals surface area contributed by atoms with Crippen molar-refractivity contribution in [1.82, 2.24) is 4.90 Å². The van der Waals surface area contributed by atoms with E-state index in [1.165, 1.54) is 4.90 Å². The summed E-state index contributed by atoms with van der Waals surface area (Å²) in [5.74, 6) is -0.266. The number of rotatable bonds is 4. The molecule has 0 saturated carbocycles. The lowest BCUT2D eigenvalue weighted by atomic mass is 10.2. The first-order valence-electron chi connectivity index (χ1n) is 5.36. The maximum absolute atomic E-state index is 11.5. The summed E-state index contributed by atoms with van der Waals surface area (Å²) < 4.78 is 9.98. The van der Waals surface area contributed by atoms with Crippen LogP contribution in [0, 0.1) is 0 Å². The minimum atomic E-state index is -0.508. The van der Waals surface area contributed by atoms with Crippen LogP contribution >= 0.6 is 0 Å². The molecule has 0 aliphatic carbocycles. The molecule has 0 saturated heterocycles. The minimum Gasteiger partial charge on any atom is -0.464 e. The molecule has 0 aromatic rings. The molecule has 0 N–H and O–H groups in total. The molecule has 5 heteroatoms. The zero-order valence-electron chi connectivity index (χ0n) is 10.7. The van der Waals surface area contributed by atoms with E-state index in [0.29, 0.717) is 13.0 Å². The average Bonchev–Trinajstić information content (AvgIpc) is 2.14. The van der Waals surface area contributed by atoms with Gasteiger partial charge in [0.1, 0.15) is 12.2 Å². The fourth-order valence-corrected chi connectivity index (χ4v) is 0.830. The average molecular weight is 231 g/mol. The molecule has 0 fully saturated rings. The second-order valence-electron chi connectivity index (χ2n) is 4.48. The van der Waals surface area contributed by atoms with E-state index in [9.17, 15) is 9.59 Å². The summed E-state index contributed by atoms with van der Waals surface area (Å²) in [6, 6.07) is 0. The van der Waals surface area contributed by atoms with E-state index in [1.54, 1.807) is 34.7 Å². The smallest absolute Gasteiger partial charge is 0.410 e. The Labute approximate surface area is 96.7 Å². The third kappa shape index (κ3) is 7.09. The first kappa shape index (κ1) is 14.7. The van der Waals surface area contributed by atoms with E-state index in [4.69, 9.17) is 9.47 Å². The first-order valence-corrected chi connectivity index (χ1v) is 5.36. The number of nitrogens with zero attached hydrogens (tertiary/aromatic N) is 1. The van der Waals surface area contributed by atoms with Crippen molar-refractivity contribution >= 4 is 12.1 Å². The van der Waals surface area contributed by atoms with Crippen LogP contribution in [-0.4, -0.2) is 42.8 Å². The number of hydrogen-bond donors (Lipinski definition) is 0. The number of carbonyl (C=O) groups is 2. The molecular weight excluding hydrogens is 210 g/mol. The van der Waals surface area contributed by atoms with E-state index >= 15 is 0 Å². The minimum absolute atomic E-state index is 0.197. The zero-order valence-corrected chi connectivity index (χ0v) is 10.7. The van der Waals surface area contributed by atoms with Crippen molar-refractivity contribution in [2.75, 3.05) is 20.2 Å². The van der Waals surface area contributed by atoms with Crippen LogP contribution in [0.5, 0.6) is 0 Å². The Kier molecular flexibility index (Phi) is 5.85. The summed E-state index contributed by atoms with van der Waals surface area (Å²) in [5.41, 5.74) is -0.508. The molecule has 0 bridgehead atoms. The van der Waals surface area contributed by atoms with Crippen molar-refractivity contribution < 1.29 is 19.1 Å². The largest absolute Gasteiger partial charge is 0.464 e. The lowest BCUT2D eigenvalue weighted by molar-refractivity contribution is -0.143. The van der Waals surface area contributed by atoms with E-state index in [-0.39, 0.29) is 12.6 Å². The summed E-state index contributed by atoms with van der Waals surface area (Å²) in [4.78, 5) is 23.7. The monoisotopic (exact) mass is 231 g/mol. The number of carbonyl (C=O) groups excluding carboxylic acids is 2. The highest BCUT2D eigenvalue weighted by molar-refractivity contribution is 5.69. The SMILES string of the molecule is CCC(=O)OCCN(C)C(=O)OC(C)(C)C. The molecule has 0 aromatic heterocycles. The van der Waals surface area contributed by atoms with Gasteiger partial charge in [-0.05, 0) is 20.8 Å². The Morgan fingerprint density at radius 3 is 2.25 bits per heavy atom. The third-order valence-electron chi connectivity index (χ3n) is 1.68. The van der Waals surface area contributed by atoms with Gasteiger partial charge in [0.05, 0.1) is 6.54 Å². The Bertz CT molecular complexity index is 245. The van der Waals surface area contributed by atoms with Gasteiger partial charge in [-0.25, -0.2) is 4.79 Å². The van der Waals surface area contributed by atoms with Crippen LogP contribution in [0.15, 0.2) is 0 Å². The van der Waals surface area contributed by atoms with Crippen LogP contribution in [-0.2, 0) is 14.3 Å². The maximum atomic E-state index is 11.5. The Hall–Kier alpha value is -1.26. The highest BCUT2D eigenvalue weighted by atomic mass is 16.6. The van der Waals surface area contributed by atoms with Gasteiger partial charge in [-0.15, -0.1) is 0 Å². The van der Waals surface area contributed by atoms with Gasteiger partial charge >= 0.3 is 12.1 Å². The molecule has 0 aliphatic rings. The van der Waals surface area contributed by atoms with Crippen LogP contribution in [0.4, 0.5) is 4.79 Å². The number of likely N-dealkylation sites (N-methyl/N-ethyl adjacent to an activating group) is 1. The van der Waals surface area contributed by atoms with E-state index in [0.717, 1.165) is 0 Å². The van der Waals surface area contributed by atoms with Gasteiger partial charge in [0, 0.05) is 13.5 Å². The Morgan fingerprint density at radius 1 is 1.25 bits per heavy atom. The molecule has 0 spiro atoms. The molecule has 1 amide bonds. The summed E-state index contributed by atoms with van der Waals surface area (Å²) in [6.45, 7) is 7.66. The van der Waals surface area contributed by atoms with Crippen molar-refractivity contribution in [3.8, 4) is 0 Å². The predicted octanol–water partition coefficient (Wildman–Crippen LogP) is 1.81. The van der Waals surface area contributed by atoms with Crippen LogP contribution in [0.25, 0.3) is 0 Å². The number of hydrogen-bond acceptors (Lipinski definition) is 4. The maximum Gasteiger partial charge on any atom is 0.410 e. The lowest BCUT2D eigenvalue weighted by Crippen LogP contribution is -2.36. The van der Waals surface area contributed by atoms with Crippen molar-refractivity contribution in [2.24, 2.45) is 0 Å². The quantitative estimate of drug-likeness (QED) is 0.692. The van der Waals surface area contributed by atoms with Gasteiger partial charge < -0.3 is 14.4 Å². The number of esters is 1. The lowest BCUT2D eigenvalue weighted by Gasteiger charge is -2.24. The predicted molar refractivity (Wildman–Crippen MR) is 60.1 cm³/mol. The van der Waals surface area contributed by atoms with Crippen molar-refractivity contribution in [3.63, 3.8) is 0 Å². The molecule has 5 nitrogen and oxygen atoms in total. The van der Waals surface area contributed by atoms with Gasteiger partial charge in [0.2, 0.25) is 0 Å². The zero-order chi connectivity index (χ0) is 12.8. The molecule has 16 heavy (non-hydrogen) atoms. The fourth-order valence-electron chi connectivity index (χ4n) is 0.830. The molecule has 0 aromatic carbocycles. The summed E-state index contributed by atoms with van der Waals surface area (Å²) in [7, 11) is 1.61. The highest BCUT2D eigenvalue weighted by Crippen LogP contribution is 2.08. The van der Waals surface area contributed by atoms with Crippen molar-refractivity contribution in [1.29, 1.82) is 0 Å². The van der Waals surface area contributed by atoms with Crippen molar-refractivity contribution in [3.05, 3.63) is 0 Å². The molecular formula is C11H21NO4. The first-order chi connectivity index (χ1) is 7.26. The van der Waals surface area contributed by atoms with Crippen LogP contribution in [0.1, 0.15) is 34.1 Å². The molecule has 0 aliphatic heterocycles. The molecule has 0 radical (unpaired) electrons. The topological polar surface area (TPSA) is 55.8 Å². The summed E-state index contributed by atoms with van der Waals surface area (Å²) in [6.07, 6.45) is -0.0732. The summed E-state index contributed by atoms with van der Waals surface area (Å²) in [5, 5.41) is 0. The normalized spacial score (nSPS) is 10.8. The van der Waals surface area contributed by atoms with E-state index < -0.39 is 11.7 Å². The molecule has 0 atom stereocenters. The highest BCUT2D eigenvalue weighted by Gasteiger charge is 2.19. The standard InChI is InChI=1S/C11H21NO4/c1-6-9(13)15-8-7-12(5)10(14)16-11(2,3)4/h6-8H2,1-5H3. The second kappa shape index (κ2) is 6.35. The van der Waals surface area contributed by atoms with Gasteiger partial charge in [0.15, 0.2) is 0 Å². The molecule has 0 rings (SSSR count). The van der Waals surface area contributed by atoms with Crippen LogP contribution in [0.2, 0.25) is 0 Å². The summed E-state index contributed by atoms with van der Waals surface area (Å²) >= 11 is 0. The Balaban J connectivity index is 3.84. The van der Waals surface area contributed by atoms with Crippen molar-refractivity contribution in [2.45, 2.75) is 39.7 Å².